The van der Waals surface area contributed by atoms with Crippen LogP contribution in [-0.4, -0.2) is 46.1 Å². The van der Waals surface area contributed by atoms with Gasteiger partial charge in [-0.05, 0) is 26.2 Å². The highest BCUT2D eigenvalue weighted by atomic mass is 32.2. The van der Waals surface area contributed by atoms with Crippen molar-refractivity contribution in [2.45, 2.75) is 44.8 Å². The number of rotatable bonds is 6. The van der Waals surface area contributed by atoms with E-state index in [4.69, 9.17) is 15.9 Å². The summed E-state index contributed by atoms with van der Waals surface area (Å²) in [6, 6.07) is -0.0503. The molecule has 114 valence electrons. The van der Waals surface area contributed by atoms with Crippen LogP contribution in [0, 0.1) is 17.8 Å². The average Bonchev–Trinajstić information content (AvgIpc) is 2.45. The molecule has 1 heterocycles. The van der Waals surface area contributed by atoms with Gasteiger partial charge < -0.3 is 9.47 Å². The van der Waals surface area contributed by atoms with Crippen molar-refractivity contribution in [2.75, 3.05) is 25.6 Å². The molecule has 1 aliphatic heterocycles. The molecule has 20 heavy (non-hydrogen) atoms. The van der Waals surface area contributed by atoms with Gasteiger partial charge in [-0.15, -0.1) is 12.3 Å². The molecule has 1 aliphatic carbocycles. The van der Waals surface area contributed by atoms with E-state index in [1.807, 2.05) is 6.92 Å². The molecule has 0 aromatic carbocycles. The Morgan fingerprint density at radius 2 is 2.15 bits per heavy atom. The quantitative estimate of drug-likeness (QED) is 0.741. The van der Waals surface area contributed by atoms with Crippen molar-refractivity contribution in [3.63, 3.8) is 0 Å². The average molecular weight is 301 g/mol. The highest BCUT2D eigenvalue weighted by molar-refractivity contribution is 7.89. The highest BCUT2D eigenvalue weighted by Gasteiger charge is 2.56. The SMILES string of the molecule is C#CCCS(=O)(=O)NC1CC(OCC)C12CCOCC2. The first-order valence-corrected chi connectivity index (χ1v) is 8.82. The summed E-state index contributed by atoms with van der Waals surface area (Å²) in [6.45, 7) is 3.97. The van der Waals surface area contributed by atoms with Crippen LogP contribution in [0.3, 0.4) is 0 Å². The summed E-state index contributed by atoms with van der Waals surface area (Å²) < 4.78 is 38.0. The van der Waals surface area contributed by atoms with Gasteiger partial charge in [-0.1, -0.05) is 0 Å². The largest absolute Gasteiger partial charge is 0.381 e. The fourth-order valence-electron chi connectivity index (χ4n) is 3.24. The lowest BCUT2D eigenvalue weighted by atomic mass is 9.58. The number of hydrogen-bond donors (Lipinski definition) is 1. The predicted octanol–water partition coefficient (Wildman–Crippen LogP) is 0.903. The fraction of sp³-hybridized carbons (Fsp3) is 0.857. The Morgan fingerprint density at radius 1 is 1.45 bits per heavy atom. The third-order valence-electron chi connectivity index (χ3n) is 4.41. The van der Waals surface area contributed by atoms with Crippen LogP contribution in [0.1, 0.15) is 32.6 Å². The molecule has 1 saturated heterocycles. The molecule has 0 aromatic rings. The summed E-state index contributed by atoms with van der Waals surface area (Å²) in [5, 5.41) is 0. The molecule has 1 saturated carbocycles. The van der Waals surface area contributed by atoms with Crippen molar-refractivity contribution in [1.82, 2.24) is 4.72 Å². The minimum Gasteiger partial charge on any atom is -0.381 e. The van der Waals surface area contributed by atoms with Gasteiger partial charge in [0.2, 0.25) is 10.0 Å². The smallest absolute Gasteiger partial charge is 0.212 e. The summed E-state index contributed by atoms with van der Waals surface area (Å²) in [7, 11) is -3.31. The Kier molecular flexibility index (Phi) is 5.08. The van der Waals surface area contributed by atoms with Crippen molar-refractivity contribution < 1.29 is 17.9 Å². The summed E-state index contributed by atoms with van der Waals surface area (Å²) >= 11 is 0. The van der Waals surface area contributed by atoms with E-state index in [1.165, 1.54) is 0 Å². The molecule has 2 unspecified atom stereocenters. The number of sulfonamides is 1. The second-order valence-electron chi connectivity index (χ2n) is 5.47. The standard InChI is InChI=1S/C14H23NO4S/c1-3-5-10-20(16,17)15-12-11-13(19-4-2)14(12)6-8-18-9-7-14/h1,12-13,15H,4-11H2,2H3. The van der Waals surface area contributed by atoms with Crippen molar-refractivity contribution in [3.8, 4) is 12.3 Å². The van der Waals surface area contributed by atoms with E-state index in [0.717, 1.165) is 19.3 Å². The van der Waals surface area contributed by atoms with Crippen molar-refractivity contribution >= 4 is 10.0 Å². The Morgan fingerprint density at radius 3 is 2.75 bits per heavy atom. The molecular weight excluding hydrogens is 278 g/mol. The van der Waals surface area contributed by atoms with E-state index in [-0.39, 0.29) is 29.7 Å². The first-order valence-electron chi connectivity index (χ1n) is 7.17. The molecule has 5 nitrogen and oxygen atoms in total. The van der Waals surface area contributed by atoms with E-state index in [1.54, 1.807) is 0 Å². The number of terminal acetylenes is 1. The summed E-state index contributed by atoms with van der Waals surface area (Å²) in [5.74, 6) is 2.36. The second kappa shape index (κ2) is 6.44. The summed E-state index contributed by atoms with van der Waals surface area (Å²) in [5.41, 5.74) is -0.0997. The Balaban J connectivity index is 2.03. The van der Waals surface area contributed by atoms with E-state index >= 15 is 0 Å². The monoisotopic (exact) mass is 301 g/mol. The molecule has 1 N–H and O–H groups in total. The van der Waals surface area contributed by atoms with Gasteiger partial charge in [0.1, 0.15) is 0 Å². The van der Waals surface area contributed by atoms with Crippen LogP contribution in [0.4, 0.5) is 0 Å². The fourth-order valence-corrected chi connectivity index (χ4v) is 4.51. The van der Waals surface area contributed by atoms with Gasteiger partial charge in [-0.2, -0.15) is 0 Å². The number of ether oxygens (including phenoxy) is 2. The molecule has 0 aromatic heterocycles. The first kappa shape index (κ1) is 15.8. The van der Waals surface area contributed by atoms with Crippen molar-refractivity contribution in [2.24, 2.45) is 5.41 Å². The van der Waals surface area contributed by atoms with E-state index in [0.29, 0.717) is 19.8 Å². The molecule has 2 atom stereocenters. The van der Waals surface area contributed by atoms with Gasteiger partial charge in [0.25, 0.3) is 0 Å². The number of nitrogens with one attached hydrogen (secondary N) is 1. The lowest BCUT2D eigenvalue weighted by Gasteiger charge is -2.57. The molecule has 2 aliphatic rings. The maximum Gasteiger partial charge on any atom is 0.212 e. The van der Waals surface area contributed by atoms with Gasteiger partial charge in [0.05, 0.1) is 11.9 Å². The van der Waals surface area contributed by atoms with Crippen LogP contribution in [-0.2, 0) is 19.5 Å². The zero-order valence-electron chi connectivity index (χ0n) is 11.9. The maximum atomic E-state index is 12.0. The molecule has 0 radical (unpaired) electrons. The lowest BCUT2D eigenvalue weighted by molar-refractivity contribution is -0.168. The van der Waals surface area contributed by atoms with E-state index in [2.05, 4.69) is 10.6 Å². The minimum absolute atomic E-state index is 0.00805. The molecule has 1 spiro atoms. The summed E-state index contributed by atoms with van der Waals surface area (Å²) in [6.07, 6.45) is 7.94. The van der Waals surface area contributed by atoms with Gasteiger partial charge in [-0.25, -0.2) is 13.1 Å². The summed E-state index contributed by atoms with van der Waals surface area (Å²) in [4.78, 5) is 0. The Hall–Kier alpha value is -0.610. The molecule has 2 fully saturated rings. The zero-order valence-corrected chi connectivity index (χ0v) is 12.7. The minimum atomic E-state index is -3.31. The van der Waals surface area contributed by atoms with Crippen LogP contribution in [0.2, 0.25) is 0 Å². The van der Waals surface area contributed by atoms with Crippen molar-refractivity contribution in [3.05, 3.63) is 0 Å². The van der Waals surface area contributed by atoms with Crippen LogP contribution in [0.25, 0.3) is 0 Å². The van der Waals surface area contributed by atoms with Gasteiger partial charge >= 0.3 is 0 Å². The van der Waals surface area contributed by atoms with E-state index < -0.39 is 10.0 Å². The topological polar surface area (TPSA) is 64.6 Å². The van der Waals surface area contributed by atoms with Crippen molar-refractivity contribution in [1.29, 1.82) is 0 Å². The first-order chi connectivity index (χ1) is 9.54. The molecule has 2 rings (SSSR count). The third-order valence-corrected chi connectivity index (χ3v) is 5.80. The molecule has 0 amide bonds. The van der Waals surface area contributed by atoms with Gasteiger partial charge in [-0.3, -0.25) is 0 Å². The van der Waals surface area contributed by atoms with Crippen LogP contribution < -0.4 is 4.72 Å². The molecular formula is C14H23NO4S. The van der Waals surface area contributed by atoms with Crippen LogP contribution in [0.15, 0.2) is 0 Å². The lowest BCUT2D eigenvalue weighted by Crippen LogP contribution is -2.66. The van der Waals surface area contributed by atoms with Crippen LogP contribution in [0.5, 0.6) is 0 Å². The van der Waals surface area contributed by atoms with Gasteiger partial charge in [0, 0.05) is 37.7 Å². The van der Waals surface area contributed by atoms with Gasteiger partial charge in [0.15, 0.2) is 0 Å². The zero-order chi connectivity index (χ0) is 14.6. The second-order valence-corrected chi connectivity index (χ2v) is 7.34. The Bertz CT molecular complexity index is 462. The normalized spacial score (nSPS) is 28.8. The molecule has 0 bridgehead atoms. The van der Waals surface area contributed by atoms with Crippen LogP contribution >= 0.6 is 0 Å². The van der Waals surface area contributed by atoms with E-state index in [9.17, 15) is 8.42 Å². The number of hydrogen-bond acceptors (Lipinski definition) is 4. The predicted molar refractivity (Wildman–Crippen MR) is 76.7 cm³/mol. The highest BCUT2D eigenvalue weighted by Crippen LogP contribution is 2.50. The third kappa shape index (κ3) is 3.17. The maximum absolute atomic E-state index is 12.0. The Labute approximate surface area is 121 Å². The molecule has 6 heteroatoms.